The van der Waals surface area contributed by atoms with E-state index >= 15 is 0 Å². The number of halogens is 3. The standard InChI is InChI=1S/C13H7ClF2O2/c14-11-3-8(4-12(16)13(11)18)10-5-9(15)2-1-7(10)6-17/h1-6,18H. The van der Waals surface area contributed by atoms with E-state index in [0.717, 1.165) is 18.2 Å². The zero-order chi connectivity index (χ0) is 13.3. The molecule has 0 atom stereocenters. The number of aromatic hydroxyl groups is 1. The molecular weight excluding hydrogens is 262 g/mol. The number of hydrogen-bond donors (Lipinski definition) is 1. The summed E-state index contributed by atoms with van der Waals surface area (Å²) < 4.78 is 26.5. The number of rotatable bonds is 2. The highest BCUT2D eigenvalue weighted by Crippen LogP contribution is 2.33. The molecule has 0 aliphatic carbocycles. The van der Waals surface area contributed by atoms with Crippen LogP contribution in [0.2, 0.25) is 5.02 Å². The highest BCUT2D eigenvalue weighted by Gasteiger charge is 2.12. The van der Waals surface area contributed by atoms with Gasteiger partial charge in [-0.15, -0.1) is 0 Å². The van der Waals surface area contributed by atoms with Crippen LogP contribution in [0.5, 0.6) is 5.75 Å². The highest BCUT2D eigenvalue weighted by atomic mass is 35.5. The fourth-order valence-corrected chi connectivity index (χ4v) is 1.81. The molecule has 2 aromatic carbocycles. The van der Waals surface area contributed by atoms with Gasteiger partial charge in [0.05, 0.1) is 5.02 Å². The van der Waals surface area contributed by atoms with Crippen LogP contribution in [0, 0.1) is 11.6 Å². The minimum absolute atomic E-state index is 0.203. The first-order valence-corrected chi connectivity index (χ1v) is 5.34. The van der Waals surface area contributed by atoms with Crippen LogP contribution in [0.15, 0.2) is 30.3 Å². The molecule has 1 N–H and O–H groups in total. The van der Waals surface area contributed by atoms with Crippen molar-refractivity contribution in [2.45, 2.75) is 0 Å². The summed E-state index contributed by atoms with van der Waals surface area (Å²) in [5.41, 5.74) is 0.639. The third-order valence-corrected chi connectivity index (χ3v) is 2.76. The van der Waals surface area contributed by atoms with E-state index < -0.39 is 17.4 Å². The molecule has 0 saturated heterocycles. The van der Waals surface area contributed by atoms with Gasteiger partial charge in [0.2, 0.25) is 0 Å². The molecule has 92 valence electrons. The van der Waals surface area contributed by atoms with Crippen LogP contribution >= 0.6 is 11.6 Å². The molecule has 0 bridgehead atoms. The maximum atomic E-state index is 13.3. The van der Waals surface area contributed by atoms with Gasteiger partial charge in [-0.25, -0.2) is 8.78 Å². The summed E-state index contributed by atoms with van der Waals surface area (Å²) in [5, 5.41) is 9.01. The molecule has 0 aliphatic rings. The lowest BCUT2D eigenvalue weighted by molar-refractivity contribution is 0.112. The lowest BCUT2D eigenvalue weighted by Crippen LogP contribution is -1.91. The Kier molecular flexibility index (Phi) is 3.30. The summed E-state index contributed by atoms with van der Waals surface area (Å²) >= 11 is 5.63. The van der Waals surface area contributed by atoms with Crippen molar-refractivity contribution in [2.75, 3.05) is 0 Å². The van der Waals surface area contributed by atoms with Crippen molar-refractivity contribution in [2.24, 2.45) is 0 Å². The normalized spacial score (nSPS) is 10.4. The second-order valence-electron chi connectivity index (χ2n) is 3.64. The monoisotopic (exact) mass is 268 g/mol. The Morgan fingerprint density at radius 1 is 1.17 bits per heavy atom. The number of hydrogen-bond acceptors (Lipinski definition) is 2. The van der Waals surface area contributed by atoms with Crippen LogP contribution in [0.1, 0.15) is 10.4 Å². The van der Waals surface area contributed by atoms with Gasteiger partial charge in [-0.05, 0) is 41.5 Å². The van der Waals surface area contributed by atoms with Crippen molar-refractivity contribution in [1.29, 1.82) is 0 Å². The second kappa shape index (κ2) is 4.74. The maximum Gasteiger partial charge on any atom is 0.170 e. The molecular formula is C13H7ClF2O2. The van der Waals surface area contributed by atoms with Gasteiger partial charge < -0.3 is 5.11 Å². The predicted molar refractivity (Wildman–Crippen MR) is 63.9 cm³/mol. The highest BCUT2D eigenvalue weighted by molar-refractivity contribution is 6.32. The van der Waals surface area contributed by atoms with Gasteiger partial charge >= 0.3 is 0 Å². The molecule has 2 aromatic rings. The quantitative estimate of drug-likeness (QED) is 0.841. The lowest BCUT2D eigenvalue weighted by Gasteiger charge is -2.07. The molecule has 5 heteroatoms. The first kappa shape index (κ1) is 12.5. The van der Waals surface area contributed by atoms with E-state index in [0.29, 0.717) is 6.29 Å². The van der Waals surface area contributed by atoms with Crippen LogP contribution in [0.3, 0.4) is 0 Å². The van der Waals surface area contributed by atoms with E-state index in [9.17, 15) is 18.7 Å². The largest absolute Gasteiger partial charge is 0.504 e. The molecule has 0 aliphatic heterocycles. The SMILES string of the molecule is O=Cc1ccc(F)cc1-c1cc(F)c(O)c(Cl)c1. The van der Waals surface area contributed by atoms with Crippen molar-refractivity contribution >= 4 is 17.9 Å². The lowest BCUT2D eigenvalue weighted by atomic mass is 10.00. The van der Waals surface area contributed by atoms with Gasteiger partial charge in [0, 0.05) is 5.56 Å². The van der Waals surface area contributed by atoms with E-state index in [1.807, 2.05) is 0 Å². The van der Waals surface area contributed by atoms with Gasteiger partial charge in [0.15, 0.2) is 17.9 Å². The topological polar surface area (TPSA) is 37.3 Å². The first-order valence-electron chi connectivity index (χ1n) is 4.96. The molecule has 2 rings (SSSR count). The minimum atomic E-state index is -0.932. The molecule has 0 heterocycles. The molecule has 0 unspecified atom stereocenters. The fourth-order valence-electron chi connectivity index (χ4n) is 1.60. The van der Waals surface area contributed by atoms with E-state index in [2.05, 4.69) is 0 Å². The van der Waals surface area contributed by atoms with E-state index in [-0.39, 0.29) is 21.7 Å². The molecule has 0 spiro atoms. The Morgan fingerprint density at radius 2 is 1.89 bits per heavy atom. The second-order valence-corrected chi connectivity index (χ2v) is 4.05. The zero-order valence-electron chi connectivity index (χ0n) is 8.95. The molecule has 0 amide bonds. The predicted octanol–water partition coefficient (Wildman–Crippen LogP) is 3.80. The number of phenolic OH excluding ortho intramolecular Hbond substituents is 1. The summed E-state index contributed by atoms with van der Waals surface area (Å²) in [6, 6.07) is 5.78. The van der Waals surface area contributed by atoms with Crippen LogP contribution in [0.25, 0.3) is 11.1 Å². The number of benzene rings is 2. The van der Waals surface area contributed by atoms with Crippen LogP contribution in [-0.4, -0.2) is 11.4 Å². The van der Waals surface area contributed by atoms with Crippen molar-refractivity contribution in [3.05, 3.63) is 52.6 Å². The smallest absolute Gasteiger partial charge is 0.170 e. The van der Waals surface area contributed by atoms with Crippen LogP contribution in [0.4, 0.5) is 8.78 Å². The Balaban J connectivity index is 2.68. The molecule has 0 fully saturated rings. The Hall–Kier alpha value is -1.94. The average Bonchev–Trinajstić information content (AvgIpc) is 2.35. The third kappa shape index (κ3) is 2.19. The summed E-state index contributed by atoms with van der Waals surface area (Å²) in [5.74, 6) is -2.16. The van der Waals surface area contributed by atoms with E-state index in [4.69, 9.17) is 11.6 Å². The van der Waals surface area contributed by atoms with Crippen LogP contribution < -0.4 is 0 Å². The molecule has 0 aromatic heterocycles. The molecule has 0 radical (unpaired) electrons. The Labute approximate surface area is 106 Å². The van der Waals surface area contributed by atoms with Crippen molar-refractivity contribution in [1.82, 2.24) is 0 Å². The van der Waals surface area contributed by atoms with Gasteiger partial charge in [0.25, 0.3) is 0 Å². The van der Waals surface area contributed by atoms with Gasteiger partial charge in [0.1, 0.15) is 5.82 Å². The average molecular weight is 269 g/mol. The Morgan fingerprint density at radius 3 is 2.50 bits per heavy atom. The number of carbonyl (C=O) groups excluding carboxylic acids is 1. The van der Waals surface area contributed by atoms with Gasteiger partial charge in [-0.3, -0.25) is 4.79 Å². The van der Waals surface area contributed by atoms with E-state index in [1.165, 1.54) is 12.1 Å². The molecule has 2 nitrogen and oxygen atoms in total. The summed E-state index contributed by atoms with van der Waals surface area (Å²) in [6.45, 7) is 0. The van der Waals surface area contributed by atoms with Gasteiger partial charge in [-0.1, -0.05) is 11.6 Å². The molecule has 18 heavy (non-hydrogen) atoms. The van der Waals surface area contributed by atoms with E-state index in [1.54, 1.807) is 0 Å². The first-order chi connectivity index (χ1) is 8.52. The number of aldehydes is 1. The van der Waals surface area contributed by atoms with Crippen LogP contribution in [-0.2, 0) is 0 Å². The maximum absolute atomic E-state index is 13.3. The number of carbonyl (C=O) groups is 1. The Bertz CT molecular complexity index is 603. The summed E-state index contributed by atoms with van der Waals surface area (Å²) in [7, 11) is 0. The summed E-state index contributed by atoms with van der Waals surface area (Å²) in [6.07, 6.45) is 0.535. The van der Waals surface area contributed by atoms with Crippen molar-refractivity contribution < 1.29 is 18.7 Å². The van der Waals surface area contributed by atoms with Crippen molar-refractivity contribution in [3.63, 3.8) is 0 Å². The van der Waals surface area contributed by atoms with Gasteiger partial charge in [-0.2, -0.15) is 0 Å². The number of phenols is 1. The minimum Gasteiger partial charge on any atom is -0.504 e. The third-order valence-electron chi connectivity index (χ3n) is 2.47. The zero-order valence-corrected chi connectivity index (χ0v) is 9.71. The van der Waals surface area contributed by atoms with Crippen molar-refractivity contribution in [3.8, 4) is 16.9 Å². The molecule has 0 saturated carbocycles. The fraction of sp³-hybridized carbons (Fsp3) is 0. The summed E-state index contributed by atoms with van der Waals surface area (Å²) in [4.78, 5) is 10.9.